The van der Waals surface area contributed by atoms with Crippen molar-refractivity contribution in [2.75, 3.05) is 39.4 Å². The van der Waals surface area contributed by atoms with Gasteiger partial charge in [0, 0.05) is 38.7 Å². The highest BCUT2D eigenvalue weighted by atomic mass is 16.5. The van der Waals surface area contributed by atoms with E-state index in [1.54, 1.807) is 0 Å². The number of likely N-dealkylation sites (tertiary alicyclic amines) is 2. The Labute approximate surface area is 179 Å². The second kappa shape index (κ2) is 9.92. The van der Waals surface area contributed by atoms with Gasteiger partial charge in [-0.25, -0.2) is 0 Å². The van der Waals surface area contributed by atoms with Crippen LogP contribution in [0.5, 0.6) is 0 Å². The van der Waals surface area contributed by atoms with Crippen LogP contribution in [0.4, 0.5) is 0 Å². The Morgan fingerprint density at radius 2 is 1.70 bits per heavy atom. The highest BCUT2D eigenvalue weighted by molar-refractivity contribution is 5.80. The molecule has 1 aromatic carbocycles. The van der Waals surface area contributed by atoms with Crippen LogP contribution in [0, 0.1) is 5.92 Å². The van der Waals surface area contributed by atoms with Gasteiger partial charge in [0.15, 0.2) is 0 Å². The molecule has 6 nitrogen and oxygen atoms in total. The summed E-state index contributed by atoms with van der Waals surface area (Å²) in [7, 11) is 0. The zero-order chi connectivity index (χ0) is 20.8. The molecule has 1 aromatic rings. The van der Waals surface area contributed by atoms with Crippen LogP contribution in [-0.4, -0.2) is 66.6 Å². The molecule has 0 unspecified atom stereocenters. The Bertz CT molecular complexity index is 699. The first-order valence-electron chi connectivity index (χ1n) is 11.5. The molecule has 0 radical (unpaired) electrons. The number of carbonyl (C=O) groups excluding carboxylic acids is 2. The van der Waals surface area contributed by atoms with E-state index < -0.39 is 0 Å². The zero-order valence-corrected chi connectivity index (χ0v) is 17.9. The number of carbonyl (C=O) groups is 2. The predicted molar refractivity (Wildman–Crippen MR) is 114 cm³/mol. The lowest BCUT2D eigenvalue weighted by Gasteiger charge is -2.45. The summed E-state index contributed by atoms with van der Waals surface area (Å²) >= 11 is 0. The molecule has 2 amide bonds. The third-order valence-electron chi connectivity index (χ3n) is 6.96. The van der Waals surface area contributed by atoms with E-state index in [0.717, 1.165) is 57.4 Å². The molecule has 3 aliphatic heterocycles. The van der Waals surface area contributed by atoms with Crippen LogP contribution in [0.3, 0.4) is 0 Å². The molecule has 0 saturated carbocycles. The van der Waals surface area contributed by atoms with Gasteiger partial charge in [-0.3, -0.25) is 9.59 Å². The van der Waals surface area contributed by atoms with Crippen molar-refractivity contribution in [2.24, 2.45) is 5.92 Å². The minimum atomic E-state index is 0.0196. The van der Waals surface area contributed by atoms with Crippen molar-refractivity contribution >= 4 is 11.8 Å². The lowest BCUT2D eigenvalue weighted by atomic mass is 9.84. The highest BCUT2D eigenvalue weighted by Gasteiger charge is 2.39. The van der Waals surface area contributed by atoms with Gasteiger partial charge in [-0.15, -0.1) is 0 Å². The molecule has 0 aliphatic carbocycles. The first-order valence-corrected chi connectivity index (χ1v) is 11.5. The molecule has 30 heavy (non-hydrogen) atoms. The number of ether oxygens (including phenoxy) is 2. The van der Waals surface area contributed by atoms with Gasteiger partial charge in [-0.1, -0.05) is 30.3 Å². The van der Waals surface area contributed by atoms with E-state index in [2.05, 4.69) is 0 Å². The average molecular weight is 415 g/mol. The molecule has 0 N–H and O–H groups in total. The second-order valence-corrected chi connectivity index (χ2v) is 8.95. The molecule has 1 spiro atoms. The van der Waals surface area contributed by atoms with Crippen LogP contribution in [0.15, 0.2) is 30.3 Å². The van der Waals surface area contributed by atoms with Crippen molar-refractivity contribution < 1.29 is 19.1 Å². The predicted octanol–water partition coefficient (Wildman–Crippen LogP) is 3.00. The number of piperidine rings is 2. The van der Waals surface area contributed by atoms with Crippen LogP contribution in [0.2, 0.25) is 0 Å². The summed E-state index contributed by atoms with van der Waals surface area (Å²) in [5, 5.41) is 0. The fourth-order valence-electron chi connectivity index (χ4n) is 4.99. The average Bonchev–Trinajstić information content (AvgIpc) is 2.80. The minimum absolute atomic E-state index is 0.0196. The molecule has 3 saturated heterocycles. The zero-order valence-electron chi connectivity index (χ0n) is 17.9. The van der Waals surface area contributed by atoms with E-state index in [1.807, 2.05) is 40.1 Å². The summed E-state index contributed by atoms with van der Waals surface area (Å²) < 4.78 is 11.7. The van der Waals surface area contributed by atoms with Gasteiger partial charge in [0.1, 0.15) is 6.61 Å². The number of rotatable bonds is 5. The maximum absolute atomic E-state index is 13.0. The maximum atomic E-state index is 13.0. The van der Waals surface area contributed by atoms with Crippen LogP contribution in [0.1, 0.15) is 50.5 Å². The quantitative estimate of drug-likeness (QED) is 0.743. The molecule has 4 rings (SSSR count). The SMILES string of the molecule is O=C(COCc1ccccc1)N1CCC(C(=O)N2CCC3(CCCCO3)CC2)CC1. The molecule has 3 aliphatic rings. The number of benzene rings is 1. The molecule has 0 aromatic heterocycles. The third-order valence-corrected chi connectivity index (χ3v) is 6.96. The molecule has 3 fully saturated rings. The summed E-state index contributed by atoms with van der Waals surface area (Å²) in [6.45, 7) is 4.32. The second-order valence-electron chi connectivity index (χ2n) is 8.95. The number of nitrogens with zero attached hydrogens (tertiary/aromatic N) is 2. The molecular weight excluding hydrogens is 380 g/mol. The van der Waals surface area contributed by atoms with Gasteiger partial charge >= 0.3 is 0 Å². The van der Waals surface area contributed by atoms with E-state index in [4.69, 9.17) is 9.47 Å². The standard InChI is InChI=1S/C24H34N2O4/c27-22(19-29-18-20-6-2-1-3-7-20)25-13-8-21(9-14-25)23(28)26-15-11-24(12-16-26)10-4-5-17-30-24/h1-3,6-7,21H,4-5,8-19H2. The fraction of sp³-hybridized carbons (Fsp3) is 0.667. The van der Waals surface area contributed by atoms with Gasteiger partial charge in [0.05, 0.1) is 12.2 Å². The lowest BCUT2D eigenvalue weighted by molar-refractivity contribution is -0.150. The van der Waals surface area contributed by atoms with Crippen molar-refractivity contribution in [3.63, 3.8) is 0 Å². The van der Waals surface area contributed by atoms with Crippen molar-refractivity contribution in [3.05, 3.63) is 35.9 Å². The van der Waals surface area contributed by atoms with Crippen LogP contribution >= 0.6 is 0 Å². The third kappa shape index (κ3) is 5.22. The Morgan fingerprint density at radius 3 is 2.37 bits per heavy atom. The van der Waals surface area contributed by atoms with Crippen LogP contribution in [-0.2, 0) is 25.7 Å². The maximum Gasteiger partial charge on any atom is 0.248 e. The van der Waals surface area contributed by atoms with Gasteiger partial charge in [-0.05, 0) is 50.5 Å². The van der Waals surface area contributed by atoms with Crippen molar-refractivity contribution in [1.82, 2.24) is 9.80 Å². The van der Waals surface area contributed by atoms with Gasteiger partial charge in [0.25, 0.3) is 0 Å². The topological polar surface area (TPSA) is 59.1 Å². The molecule has 3 heterocycles. The molecule has 0 atom stereocenters. The van der Waals surface area contributed by atoms with Crippen LogP contribution < -0.4 is 0 Å². The minimum Gasteiger partial charge on any atom is -0.375 e. The van der Waals surface area contributed by atoms with Gasteiger partial charge in [0.2, 0.25) is 11.8 Å². The Morgan fingerprint density at radius 1 is 0.967 bits per heavy atom. The normalized spacial score (nSPS) is 22.3. The van der Waals surface area contributed by atoms with Crippen LogP contribution in [0.25, 0.3) is 0 Å². The summed E-state index contributed by atoms with van der Waals surface area (Å²) in [5.41, 5.74) is 1.10. The number of hydrogen-bond acceptors (Lipinski definition) is 4. The van der Waals surface area contributed by atoms with E-state index in [1.165, 1.54) is 12.8 Å². The molecule has 0 bridgehead atoms. The Hall–Kier alpha value is -1.92. The summed E-state index contributed by atoms with van der Waals surface area (Å²) in [5.74, 6) is 0.333. The Kier molecular flexibility index (Phi) is 7.05. The van der Waals surface area contributed by atoms with Crippen molar-refractivity contribution in [1.29, 1.82) is 0 Å². The summed E-state index contributed by atoms with van der Waals surface area (Å²) in [6, 6.07) is 9.87. The summed E-state index contributed by atoms with van der Waals surface area (Å²) in [4.78, 5) is 29.3. The fourth-order valence-corrected chi connectivity index (χ4v) is 4.99. The van der Waals surface area contributed by atoms with Crippen molar-refractivity contribution in [3.8, 4) is 0 Å². The monoisotopic (exact) mass is 414 g/mol. The smallest absolute Gasteiger partial charge is 0.248 e. The molecule has 164 valence electrons. The highest BCUT2D eigenvalue weighted by Crippen LogP contribution is 2.35. The largest absolute Gasteiger partial charge is 0.375 e. The number of hydrogen-bond donors (Lipinski definition) is 0. The van der Waals surface area contributed by atoms with E-state index in [0.29, 0.717) is 19.7 Å². The lowest BCUT2D eigenvalue weighted by Crippen LogP contribution is -2.52. The first kappa shape index (κ1) is 21.3. The Balaban J connectivity index is 1.17. The number of amides is 2. The molecule has 6 heteroatoms. The van der Waals surface area contributed by atoms with E-state index >= 15 is 0 Å². The van der Waals surface area contributed by atoms with Crippen molar-refractivity contribution in [2.45, 2.75) is 57.2 Å². The molecular formula is C24H34N2O4. The van der Waals surface area contributed by atoms with E-state index in [9.17, 15) is 9.59 Å². The first-order chi connectivity index (χ1) is 14.7. The van der Waals surface area contributed by atoms with Gasteiger partial charge < -0.3 is 19.3 Å². The van der Waals surface area contributed by atoms with Gasteiger partial charge in [-0.2, -0.15) is 0 Å². The summed E-state index contributed by atoms with van der Waals surface area (Å²) in [6.07, 6.45) is 6.99. The van der Waals surface area contributed by atoms with E-state index in [-0.39, 0.29) is 29.9 Å².